The minimum Gasteiger partial charge on any atom is -0.508 e. The molecular formula is C11H12O3. The topological polar surface area (TPSA) is 46.5 Å². The molecule has 2 rings (SSSR count). The largest absolute Gasteiger partial charge is 0.508 e. The maximum atomic E-state index is 11.2. The Kier molecular flexibility index (Phi) is 2.15. The molecule has 1 aromatic carbocycles. The average molecular weight is 192 g/mol. The van der Waals surface area contributed by atoms with Gasteiger partial charge in [0.1, 0.15) is 11.5 Å². The number of fused-ring (bicyclic) bond motifs is 1. The zero-order valence-electron chi connectivity index (χ0n) is 7.99. The van der Waals surface area contributed by atoms with Crippen molar-refractivity contribution in [3.05, 3.63) is 23.8 Å². The van der Waals surface area contributed by atoms with Crippen LogP contribution >= 0.6 is 0 Å². The highest BCUT2D eigenvalue weighted by atomic mass is 16.5. The maximum Gasteiger partial charge on any atom is 0.311 e. The van der Waals surface area contributed by atoms with Crippen molar-refractivity contribution in [1.82, 2.24) is 0 Å². The monoisotopic (exact) mass is 192 g/mol. The quantitative estimate of drug-likeness (QED) is 0.506. The Morgan fingerprint density at radius 3 is 3.07 bits per heavy atom. The number of hydrogen-bond acceptors (Lipinski definition) is 3. The van der Waals surface area contributed by atoms with Crippen LogP contribution in [0.25, 0.3) is 0 Å². The van der Waals surface area contributed by atoms with Crippen molar-refractivity contribution >= 4 is 5.97 Å². The number of carbonyl (C=O) groups excluding carboxylic acids is 1. The van der Waals surface area contributed by atoms with Crippen LogP contribution in [0.5, 0.6) is 11.5 Å². The standard InChI is InChI=1S/C11H12O3/c1-7-2-5-11(13)14-10-4-3-8(12)6-9(7)10/h3-4,6-7,12H,2,5H2,1H3. The van der Waals surface area contributed by atoms with Gasteiger partial charge in [-0.15, -0.1) is 0 Å². The minimum atomic E-state index is -0.193. The molecule has 0 saturated carbocycles. The zero-order valence-corrected chi connectivity index (χ0v) is 7.99. The molecule has 3 heteroatoms. The number of phenolic OH excluding ortho intramolecular Hbond substituents is 1. The van der Waals surface area contributed by atoms with Crippen molar-refractivity contribution in [3.8, 4) is 11.5 Å². The molecule has 1 unspecified atom stereocenters. The van der Waals surface area contributed by atoms with Crippen LogP contribution in [-0.2, 0) is 4.79 Å². The number of aromatic hydroxyl groups is 1. The number of hydrogen-bond donors (Lipinski definition) is 1. The van der Waals surface area contributed by atoms with Gasteiger partial charge >= 0.3 is 5.97 Å². The summed E-state index contributed by atoms with van der Waals surface area (Å²) in [5, 5.41) is 9.32. The number of rotatable bonds is 0. The Morgan fingerprint density at radius 2 is 2.29 bits per heavy atom. The van der Waals surface area contributed by atoms with Gasteiger partial charge in [0.2, 0.25) is 0 Å². The lowest BCUT2D eigenvalue weighted by atomic mass is 9.96. The lowest BCUT2D eigenvalue weighted by Gasteiger charge is -2.10. The van der Waals surface area contributed by atoms with Crippen molar-refractivity contribution in [3.63, 3.8) is 0 Å². The second kappa shape index (κ2) is 3.33. The predicted octanol–water partition coefficient (Wildman–Crippen LogP) is 2.19. The number of phenols is 1. The van der Waals surface area contributed by atoms with Crippen LogP contribution in [0.3, 0.4) is 0 Å². The van der Waals surface area contributed by atoms with Crippen LogP contribution in [0.4, 0.5) is 0 Å². The molecule has 0 bridgehead atoms. The third-order valence-electron chi connectivity index (χ3n) is 2.53. The molecule has 1 aliphatic rings. The number of ether oxygens (including phenoxy) is 1. The van der Waals surface area contributed by atoms with Crippen LogP contribution in [0.2, 0.25) is 0 Å². The predicted molar refractivity (Wildman–Crippen MR) is 51.4 cm³/mol. The van der Waals surface area contributed by atoms with E-state index in [0.717, 1.165) is 12.0 Å². The highest BCUT2D eigenvalue weighted by molar-refractivity contribution is 5.74. The van der Waals surface area contributed by atoms with Crippen molar-refractivity contribution in [2.75, 3.05) is 0 Å². The van der Waals surface area contributed by atoms with E-state index in [1.54, 1.807) is 12.1 Å². The summed E-state index contributed by atoms with van der Waals surface area (Å²) < 4.78 is 5.13. The molecule has 0 aromatic heterocycles. The van der Waals surface area contributed by atoms with E-state index in [4.69, 9.17) is 4.74 Å². The zero-order chi connectivity index (χ0) is 10.1. The first-order valence-corrected chi connectivity index (χ1v) is 4.70. The van der Waals surface area contributed by atoms with Gasteiger partial charge in [0.25, 0.3) is 0 Å². The fraction of sp³-hybridized carbons (Fsp3) is 0.364. The fourth-order valence-corrected chi connectivity index (χ4v) is 1.68. The van der Waals surface area contributed by atoms with Gasteiger partial charge in [-0.05, 0) is 30.5 Å². The SMILES string of the molecule is CC1CCC(=O)Oc2ccc(O)cc21. The smallest absolute Gasteiger partial charge is 0.311 e. The molecular weight excluding hydrogens is 180 g/mol. The molecule has 0 aliphatic carbocycles. The Labute approximate surface area is 82.3 Å². The normalized spacial score (nSPS) is 20.9. The summed E-state index contributed by atoms with van der Waals surface area (Å²) in [7, 11) is 0. The third-order valence-corrected chi connectivity index (χ3v) is 2.53. The molecule has 3 nitrogen and oxygen atoms in total. The lowest BCUT2D eigenvalue weighted by molar-refractivity contribution is -0.134. The van der Waals surface area contributed by atoms with E-state index >= 15 is 0 Å². The van der Waals surface area contributed by atoms with E-state index in [2.05, 4.69) is 0 Å². The molecule has 0 radical (unpaired) electrons. The first-order valence-electron chi connectivity index (χ1n) is 4.70. The highest BCUT2D eigenvalue weighted by Crippen LogP contribution is 2.35. The van der Waals surface area contributed by atoms with Gasteiger partial charge < -0.3 is 9.84 Å². The molecule has 1 atom stereocenters. The van der Waals surface area contributed by atoms with Crippen molar-refractivity contribution in [2.24, 2.45) is 0 Å². The van der Waals surface area contributed by atoms with Gasteiger partial charge in [0, 0.05) is 12.0 Å². The lowest BCUT2D eigenvalue weighted by Crippen LogP contribution is -2.05. The first-order chi connectivity index (χ1) is 6.66. The Morgan fingerprint density at radius 1 is 1.50 bits per heavy atom. The third kappa shape index (κ3) is 1.58. The molecule has 1 aliphatic heterocycles. The summed E-state index contributed by atoms with van der Waals surface area (Å²) >= 11 is 0. The summed E-state index contributed by atoms with van der Waals surface area (Å²) in [4.78, 5) is 11.2. The number of benzene rings is 1. The summed E-state index contributed by atoms with van der Waals surface area (Å²) in [6.45, 7) is 2.03. The Balaban J connectivity index is 2.46. The molecule has 1 heterocycles. The van der Waals surface area contributed by atoms with E-state index < -0.39 is 0 Å². The Hall–Kier alpha value is -1.51. The minimum absolute atomic E-state index is 0.193. The van der Waals surface area contributed by atoms with Crippen LogP contribution in [-0.4, -0.2) is 11.1 Å². The fourth-order valence-electron chi connectivity index (χ4n) is 1.68. The van der Waals surface area contributed by atoms with Crippen molar-refractivity contribution in [2.45, 2.75) is 25.7 Å². The molecule has 0 spiro atoms. The number of carbonyl (C=O) groups is 1. The van der Waals surface area contributed by atoms with E-state index in [1.165, 1.54) is 6.07 Å². The van der Waals surface area contributed by atoms with E-state index in [1.807, 2.05) is 6.92 Å². The van der Waals surface area contributed by atoms with Crippen molar-refractivity contribution in [1.29, 1.82) is 0 Å². The summed E-state index contributed by atoms with van der Waals surface area (Å²) in [6.07, 6.45) is 1.21. The average Bonchev–Trinajstić information content (AvgIpc) is 2.29. The van der Waals surface area contributed by atoms with E-state index in [0.29, 0.717) is 12.2 Å². The molecule has 0 fully saturated rings. The van der Waals surface area contributed by atoms with Crippen LogP contribution in [0, 0.1) is 0 Å². The first kappa shape index (κ1) is 9.06. The summed E-state index contributed by atoms with van der Waals surface area (Å²) in [5.74, 6) is 0.858. The highest BCUT2D eigenvalue weighted by Gasteiger charge is 2.20. The molecule has 74 valence electrons. The summed E-state index contributed by atoms with van der Waals surface area (Å²) in [6, 6.07) is 4.84. The van der Waals surface area contributed by atoms with Gasteiger partial charge in [-0.2, -0.15) is 0 Å². The molecule has 14 heavy (non-hydrogen) atoms. The van der Waals surface area contributed by atoms with Gasteiger partial charge in [0.05, 0.1) is 0 Å². The van der Waals surface area contributed by atoms with Gasteiger partial charge in [-0.25, -0.2) is 0 Å². The molecule has 0 amide bonds. The second-order valence-electron chi connectivity index (χ2n) is 3.64. The van der Waals surface area contributed by atoms with E-state index in [9.17, 15) is 9.90 Å². The molecule has 1 N–H and O–H groups in total. The second-order valence-corrected chi connectivity index (χ2v) is 3.64. The Bertz CT molecular complexity index is 371. The van der Waals surface area contributed by atoms with Crippen LogP contribution in [0.1, 0.15) is 31.2 Å². The molecule has 1 aromatic rings. The van der Waals surface area contributed by atoms with Gasteiger partial charge in [-0.3, -0.25) is 4.79 Å². The van der Waals surface area contributed by atoms with E-state index in [-0.39, 0.29) is 17.6 Å². The number of esters is 1. The van der Waals surface area contributed by atoms with Crippen molar-refractivity contribution < 1.29 is 14.6 Å². The van der Waals surface area contributed by atoms with Gasteiger partial charge in [0.15, 0.2) is 0 Å². The van der Waals surface area contributed by atoms with Crippen LogP contribution < -0.4 is 4.74 Å². The molecule has 0 saturated heterocycles. The van der Waals surface area contributed by atoms with Gasteiger partial charge in [-0.1, -0.05) is 6.92 Å². The summed E-state index contributed by atoms with van der Waals surface area (Å²) in [5.41, 5.74) is 0.913. The van der Waals surface area contributed by atoms with Crippen LogP contribution in [0.15, 0.2) is 18.2 Å². The maximum absolute atomic E-state index is 11.2.